The molecule has 1 heterocycles. The molecule has 0 saturated carbocycles. The molecule has 0 amide bonds. The molecule has 0 fully saturated rings. The Morgan fingerprint density at radius 2 is 2.00 bits per heavy atom. The fourth-order valence-corrected chi connectivity index (χ4v) is 1.70. The van der Waals surface area contributed by atoms with E-state index in [9.17, 15) is 0 Å². The molecule has 0 saturated heterocycles. The third-order valence-electron chi connectivity index (χ3n) is 2.84. The highest BCUT2D eigenvalue weighted by atomic mass is 16.5. The van der Waals surface area contributed by atoms with E-state index in [0.29, 0.717) is 12.6 Å². The Hall–Kier alpha value is -1.94. The largest absolute Gasteiger partial charge is 0.459 e. The van der Waals surface area contributed by atoms with Crippen LogP contribution in [0.2, 0.25) is 0 Å². The highest BCUT2D eigenvalue weighted by Gasteiger charge is 2.04. The van der Waals surface area contributed by atoms with Crippen LogP contribution >= 0.6 is 0 Å². The predicted octanol–water partition coefficient (Wildman–Crippen LogP) is 2.47. The van der Waals surface area contributed by atoms with Crippen LogP contribution in [-0.2, 0) is 13.2 Å². The number of benzene rings is 1. The zero-order valence-corrected chi connectivity index (χ0v) is 11.4. The van der Waals surface area contributed by atoms with Crippen molar-refractivity contribution in [3.05, 3.63) is 53.3 Å². The van der Waals surface area contributed by atoms with Gasteiger partial charge in [-0.2, -0.15) is 0 Å². The fourth-order valence-electron chi connectivity index (χ4n) is 1.70. The second kappa shape index (κ2) is 6.85. The molecule has 0 aliphatic carbocycles. The second-order valence-electron chi connectivity index (χ2n) is 4.32. The average Bonchev–Trinajstić information content (AvgIpc) is 2.45. The second-order valence-corrected chi connectivity index (χ2v) is 4.32. The summed E-state index contributed by atoms with van der Waals surface area (Å²) >= 11 is 0. The molecule has 2 rings (SSSR count). The van der Waals surface area contributed by atoms with Crippen molar-refractivity contribution >= 4 is 0 Å². The standard InChI is InChI=1S/C15H19N3O/c1-3-16-9-14-10-17-15(18-12(14)2)19-11-13-7-5-4-6-8-13/h4-8,10,16H,3,9,11H2,1-2H3. The van der Waals surface area contributed by atoms with Gasteiger partial charge in [-0.3, -0.25) is 0 Å². The molecule has 100 valence electrons. The molecular weight excluding hydrogens is 238 g/mol. The molecule has 4 heteroatoms. The zero-order valence-electron chi connectivity index (χ0n) is 11.4. The van der Waals surface area contributed by atoms with Crippen molar-refractivity contribution in [1.29, 1.82) is 0 Å². The smallest absolute Gasteiger partial charge is 0.316 e. The molecule has 1 aromatic heterocycles. The van der Waals surface area contributed by atoms with E-state index in [1.165, 1.54) is 0 Å². The number of hydrogen-bond acceptors (Lipinski definition) is 4. The topological polar surface area (TPSA) is 47.0 Å². The molecule has 0 aliphatic heterocycles. The Balaban J connectivity index is 1.96. The van der Waals surface area contributed by atoms with Crippen molar-refractivity contribution in [2.24, 2.45) is 0 Å². The molecule has 1 aromatic carbocycles. The van der Waals surface area contributed by atoms with E-state index in [-0.39, 0.29) is 0 Å². The summed E-state index contributed by atoms with van der Waals surface area (Å²) in [5, 5.41) is 3.26. The maximum Gasteiger partial charge on any atom is 0.316 e. The lowest BCUT2D eigenvalue weighted by atomic mass is 10.2. The summed E-state index contributed by atoms with van der Waals surface area (Å²) in [6.07, 6.45) is 1.82. The van der Waals surface area contributed by atoms with Gasteiger partial charge in [-0.1, -0.05) is 37.3 Å². The van der Waals surface area contributed by atoms with E-state index >= 15 is 0 Å². The predicted molar refractivity (Wildman–Crippen MR) is 74.9 cm³/mol. The van der Waals surface area contributed by atoms with Crippen molar-refractivity contribution in [3.8, 4) is 6.01 Å². The summed E-state index contributed by atoms with van der Waals surface area (Å²) in [6, 6.07) is 10.4. The molecule has 1 N–H and O–H groups in total. The third-order valence-corrected chi connectivity index (χ3v) is 2.84. The number of nitrogens with zero attached hydrogens (tertiary/aromatic N) is 2. The molecule has 0 radical (unpaired) electrons. The Morgan fingerprint density at radius 1 is 1.21 bits per heavy atom. The van der Waals surface area contributed by atoms with Crippen LogP contribution in [0.15, 0.2) is 36.5 Å². The van der Waals surface area contributed by atoms with E-state index in [1.54, 1.807) is 0 Å². The number of nitrogens with one attached hydrogen (secondary N) is 1. The Morgan fingerprint density at radius 3 is 2.68 bits per heavy atom. The maximum atomic E-state index is 5.59. The van der Waals surface area contributed by atoms with Crippen LogP contribution < -0.4 is 10.1 Å². The van der Waals surface area contributed by atoms with Gasteiger partial charge in [-0.25, -0.2) is 9.97 Å². The summed E-state index contributed by atoms with van der Waals surface area (Å²) in [5.74, 6) is 0. The minimum Gasteiger partial charge on any atom is -0.459 e. The molecule has 0 bridgehead atoms. The average molecular weight is 257 g/mol. The van der Waals surface area contributed by atoms with E-state index in [1.807, 2.05) is 43.5 Å². The normalized spacial score (nSPS) is 10.4. The van der Waals surface area contributed by atoms with Gasteiger partial charge in [-0.15, -0.1) is 0 Å². The van der Waals surface area contributed by atoms with Gasteiger partial charge in [0.15, 0.2) is 0 Å². The van der Waals surface area contributed by atoms with Crippen LogP contribution in [0.4, 0.5) is 0 Å². The van der Waals surface area contributed by atoms with Crippen LogP contribution in [0.5, 0.6) is 6.01 Å². The van der Waals surface area contributed by atoms with Gasteiger partial charge < -0.3 is 10.1 Å². The zero-order chi connectivity index (χ0) is 13.5. The van der Waals surface area contributed by atoms with E-state index in [0.717, 1.165) is 29.9 Å². The first-order valence-corrected chi connectivity index (χ1v) is 6.49. The summed E-state index contributed by atoms with van der Waals surface area (Å²) < 4.78 is 5.59. The van der Waals surface area contributed by atoms with E-state index < -0.39 is 0 Å². The van der Waals surface area contributed by atoms with E-state index in [2.05, 4.69) is 22.2 Å². The lowest BCUT2D eigenvalue weighted by Gasteiger charge is -2.08. The molecule has 4 nitrogen and oxygen atoms in total. The molecule has 0 aliphatic rings. The van der Waals surface area contributed by atoms with Crippen LogP contribution in [-0.4, -0.2) is 16.5 Å². The third kappa shape index (κ3) is 4.03. The van der Waals surface area contributed by atoms with Gasteiger partial charge in [0.1, 0.15) is 6.61 Å². The van der Waals surface area contributed by atoms with Crippen LogP contribution in [0, 0.1) is 6.92 Å². The minimum atomic E-state index is 0.432. The van der Waals surface area contributed by atoms with Crippen molar-refractivity contribution in [2.75, 3.05) is 6.54 Å². The van der Waals surface area contributed by atoms with Crippen molar-refractivity contribution in [2.45, 2.75) is 27.0 Å². The van der Waals surface area contributed by atoms with Crippen LogP contribution in [0.1, 0.15) is 23.7 Å². The highest BCUT2D eigenvalue weighted by molar-refractivity contribution is 5.18. The minimum absolute atomic E-state index is 0.432. The number of rotatable bonds is 6. The highest BCUT2D eigenvalue weighted by Crippen LogP contribution is 2.10. The SMILES string of the molecule is CCNCc1cnc(OCc2ccccc2)nc1C. The monoisotopic (exact) mass is 257 g/mol. The number of ether oxygens (including phenoxy) is 1. The summed E-state index contributed by atoms with van der Waals surface area (Å²) in [7, 11) is 0. The molecule has 0 atom stereocenters. The van der Waals surface area contributed by atoms with Crippen molar-refractivity contribution in [3.63, 3.8) is 0 Å². The molecule has 2 aromatic rings. The van der Waals surface area contributed by atoms with Gasteiger partial charge in [-0.05, 0) is 19.0 Å². The first-order chi connectivity index (χ1) is 9.29. The molecule has 19 heavy (non-hydrogen) atoms. The summed E-state index contributed by atoms with van der Waals surface area (Å²) in [4.78, 5) is 8.60. The van der Waals surface area contributed by atoms with Crippen LogP contribution in [0.3, 0.4) is 0 Å². The van der Waals surface area contributed by atoms with Gasteiger partial charge in [0.25, 0.3) is 0 Å². The Bertz CT molecular complexity index is 514. The van der Waals surface area contributed by atoms with Gasteiger partial charge in [0, 0.05) is 24.0 Å². The van der Waals surface area contributed by atoms with E-state index in [4.69, 9.17) is 4.74 Å². The molecular formula is C15H19N3O. The summed E-state index contributed by atoms with van der Waals surface area (Å²) in [6.45, 7) is 6.27. The van der Waals surface area contributed by atoms with Gasteiger partial charge in [0.2, 0.25) is 0 Å². The first-order valence-electron chi connectivity index (χ1n) is 6.49. The Kier molecular flexibility index (Phi) is 4.86. The van der Waals surface area contributed by atoms with Crippen molar-refractivity contribution < 1.29 is 4.74 Å². The number of aromatic nitrogens is 2. The van der Waals surface area contributed by atoms with Crippen molar-refractivity contribution in [1.82, 2.24) is 15.3 Å². The summed E-state index contributed by atoms with van der Waals surface area (Å²) in [5.41, 5.74) is 3.17. The lowest BCUT2D eigenvalue weighted by molar-refractivity contribution is 0.279. The number of hydrogen-bond donors (Lipinski definition) is 1. The number of aryl methyl sites for hydroxylation is 1. The quantitative estimate of drug-likeness (QED) is 0.863. The lowest BCUT2D eigenvalue weighted by Crippen LogP contribution is -2.14. The maximum absolute atomic E-state index is 5.59. The molecule has 0 unspecified atom stereocenters. The fraction of sp³-hybridized carbons (Fsp3) is 0.333. The van der Waals surface area contributed by atoms with Crippen LogP contribution in [0.25, 0.3) is 0 Å². The molecule has 0 spiro atoms. The van der Waals surface area contributed by atoms with Gasteiger partial charge in [0.05, 0.1) is 0 Å². The van der Waals surface area contributed by atoms with Gasteiger partial charge >= 0.3 is 6.01 Å². The first kappa shape index (κ1) is 13.5. The Labute approximate surface area is 113 Å².